The minimum Gasteiger partial charge on any atom is -0.493 e. The Morgan fingerprint density at radius 3 is 2.72 bits per heavy atom. The van der Waals surface area contributed by atoms with Gasteiger partial charge in [-0.1, -0.05) is 0 Å². The lowest BCUT2D eigenvalue weighted by atomic mass is 10.2. The van der Waals surface area contributed by atoms with E-state index in [4.69, 9.17) is 20.6 Å². The van der Waals surface area contributed by atoms with Crippen LogP contribution in [0.25, 0.3) is 0 Å². The second kappa shape index (κ2) is 6.80. The van der Waals surface area contributed by atoms with Crippen LogP contribution in [0, 0.1) is 5.41 Å². The summed E-state index contributed by atoms with van der Waals surface area (Å²) in [5.74, 6) is 1.50. The fraction of sp³-hybridized carbons (Fsp3) is 0.500. The van der Waals surface area contributed by atoms with Crippen molar-refractivity contribution in [1.82, 2.24) is 9.88 Å². The van der Waals surface area contributed by atoms with Gasteiger partial charge in [0.15, 0.2) is 11.5 Å². The molecular weight excluding hydrogens is 232 g/mol. The van der Waals surface area contributed by atoms with Crippen LogP contribution in [0.3, 0.4) is 0 Å². The van der Waals surface area contributed by atoms with Gasteiger partial charge in [0.05, 0.1) is 20.1 Å². The first kappa shape index (κ1) is 14.2. The number of methoxy groups -OCH3 is 2. The van der Waals surface area contributed by atoms with Gasteiger partial charge >= 0.3 is 0 Å². The molecule has 0 aliphatic carbocycles. The van der Waals surface area contributed by atoms with Gasteiger partial charge in [-0.3, -0.25) is 15.3 Å². The monoisotopic (exact) mass is 252 g/mol. The molecule has 6 nitrogen and oxygen atoms in total. The van der Waals surface area contributed by atoms with Crippen molar-refractivity contribution in [3.8, 4) is 11.5 Å². The summed E-state index contributed by atoms with van der Waals surface area (Å²) < 4.78 is 10.5. The molecule has 6 heteroatoms. The van der Waals surface area contributed by atoms with Crippen LogP contribution in [0.5, 0.6) is 11.5 Å². The smallest absolute Gasteiger partial charge is 0.183 e. The summed E-state index contributed by atoms with van der Waals surface area (Å²) in [6, 6.07) is 1.76. The van der Waals surface area contributed by atoms with Crippen molar-refractivity contribution in [2.24, 2.45) is 5.73 Å². The number of nitrogens with two attached hydrogens (primary N) is 1. The molecule has 1 heterocycles. The zero-order valence-corrected chi connectivity index (χ0v) is 11.1. The maximum atomic E-state index is 7.20. The first-order valence-corrected chi connectivity index (χ1v) is 5.65. The number of nitrogens with zero attached hydrogens (tertiary/aromatic N) is 2. The number of amidine groups is 1. The Bertz CT molecular complexity index is 409. The van der Waals surface area contributed by atoms with Gasteiger partial charge in [-0.25, -0.2) is 0 Å². The standard InChI is InChI=1S/C12H20N4O2/c1-16(7-5-11(13)14)8-9-12(18-3)10(17-2)4-6-15-9/h4,6H,5,7-8H2,1-3H3,(H3,13,14). The molecule has 3 N–H and O–H groups in total. The van der Waals surface area contributed by atoms with Crippen molar-refractivity contribution >= 4 is 5.84 Å². The van der Waals surface area contributed by atoms with Crippen molar-refractivity contribution in [3.05, 3.63) is 18.0 Å². The highest BCUT2D eigenvalue weighted by Gasteiger charge is 2.12. The highest BCUT2D eigenvalue weighted by Crippen LogP contribution is 2.29. The molecule has 1 aromatic heterocycles. The van der Waals surface area contributed by atoms with Crippen LogP contribution in [0.4, 0.5) is 0 Å². The number of ether oxygens (including phenoxy) is 2. The zero-order chi connectivity index (χ0) is 13.5. The summed E-state index contributed by atoms with van der Waals surface area (Å²) in [5, 5.41) is 7.20. The quantitative estimate of drug-likeness (QED) is 0.555. The van der Waals surface area contributed by atoms with Gasteiger partial charge < -0.3 is 15.2 Å². The molecular formula is C12H20N4O2. The Morgan fingerprint density at radius 2 is 2.17 bits per heavy atom. The summed E-state index contributed by atoms with van der Waals surface area (Å²) in [4.78, 5) is 6.33. The second-order valence-corrected chi connectivity index (χ2v) is 4.01. The predicted octanol–water partition coefficient (Wildman–Crippen LogP) is 0.857. The Kier molecular flexibility index (Phi) is 5.38. The third kappa shape index (κ3) is 3.89. The van der Waals surface area contributed by atoms with E-state index in [2.05, 4.69) is 4.98 Å². The Labute approximate surface area is 107 Å². The average molecular weight is 252 g/mol. The summed E-state index contributed by atoms with van der Waals surface area (Å²) in [5.41, 5.74) is 6.14. The molecule has 0 aliphatic heterocycles. The van der Waals surface area contributed by atoms with Crippen LogP contribution in [0.2, 0.25) is 0 Å². The van der Waals surface area contributed by atoms with Gasteiger partial charge in [0, 0.05) is 31.8 Å². The number of nitrogens with one attached hydrogen (secondary N) is 1. The fourth-order valence-electron chi connectivity index (χ4n) is 1.61. The third-order valence-electron chi connectivity index (χ3n) is 2.55. The highest BCUT2D eigenvalue weighted by atomic mass is 16.5. The lowest BCUT2D eigenvalue weighted by Crippen LogP contribution is -2.24. The molecule has 0 spiro atoms. The molecule has 0 atom stereocenters. The van der Waals surface area contributed by atoms with Gasteiger partial charge in [0.1, 0.15) is 5.69 Å². The lowest BCUT2D eigenvalue weighted by molar-refractivity contribution is 0.310. The van der Waals surface area contributed by atoms with E-state index in [9.17, 15) is 0 Å². The molecule has 1 aromatic rings. The van der Waals surface area contributed by atoms with Gasteiger partial charge in [0.2, 0.25) is 0 Å². The van der Waals surface area contributed by atoms with Crippen LogP contribution >= 0.6 is 0 Å². The lowest BCUT2D eigenvalue weighted by Gasteiger charge is -2.18. The highest BCUT2D eigenvalue weighted by molar-refractivity contribution is 5.76. The van der Waals surface area contributed by atoms with Gasteiger partial charge in [0.25, 0.3) is 0 Å². The fourth-order valence-corrected chi connectivity index (χ4v) is 1.61. The summed E-state index contributed by atoms with van der Waals surface area (Å²) in [6.07, 6.45) is 2.23. The summed E-state index contributed by atoms with van der Waals surface area (Å²) >= 11 is 0. The average Bonchev–Trinajstić information content (AvgIpc) is 2.36. The minimum absolute atomic E-state index is 0.187. The van der Waals surface area contributed by atoms with E-state index in [1.54, 1.807) is 26.5 Å². The van der Waals surface area contributed by atoms with Crippen molar-refractivity contribution < 1.29 is 9.47 Å². The maximum Gasteiger partial charge on any atom is 0.183 e. The molecule has 0 amide bonds. The van der Waals surface area contributed by atoms with Crippen molar-refractivity contribution in [1.29, 1.82) is 5.41 Å². The molecule has 0 saturated carbocycles. The normalized spacial score (nSPS) is 10.4. The van der Waals surface area contributed by atoms with Crippen molar-refractivity contribution in [2.75, 3.05) is 27.8 Å². The van der Waals surface area contributed by atoms with E-state index in [-0.39, 0.29) is 5.84 Å². The second-order valence-electron chi connectivity index (χ2n) is 4.01. The van der Waals surface area contributed by atoms with E-state index in [1.165, 1.54) is 0 Å². The van der Waals surface area contributed by atoms with E-state index in [0.29, 0.717) is 31.0 Å². The van der Waals surface area contributed by atoms with Gasteiger partial charge in [-0.05, 0) is 7.05 Å². The molecule has 0 fully saturated rings. The van der Waals surface area contributed by atoms with Gasteiger partial charge in [-0.2, -0.15) is 0 Å². The van der Waals surface area contributed by atoms with E-state index >= 15 is 0 Å². The van der Waals surface area contributed by atoms with Gasteiger partial charge in [-0.15, -0.1) is 0 Å². The molecule has 18 heavy (non-hydrogen) atoms. The van der Waals surface area contributed by atoms with E-state index in [1.807, 2.05) is 11.9 Å². The van der Waals surface area contributed by atoms with Crippen LogP contribution < -0.4 is 15.2 Å². The third-order valence-corrected chi connectivity index (χ3v) is 2.55. The van der Waals surface area contributed by atoms with Crippen molar-refractivity contribution in [2.45, 2.75) is 13.0 Å². The summed E-state index contributed by atoms with van der Waals surface area (Å²) in [6.45, 7) is 1.32. The molecule has 0 unspecified atom stereocenters. The number of aromatic nitrogens is 1. The molecule has 100 valence electrons. The molecule has 0 saturated heterocycles. The molecule has 0 aromatic carbocycles. The largest absolute Gasteiger partial charge is 0.493 e. The number of rotatable bonds is 7. The predicted molar refractivity (Wildman–Crippen MR) is 70.2 cm³/mol. The summed E-state index contributed by atoms with van der Waals surface area (Å²) in [7, 11) is 5.14. The Balaban J connectivity index is 2.74. The molecule has 0 aliphatic rings. The van der Waals surface area contributed by atoms with Crippen molar-refractivity contribution in [3.63, 3.8) is 0 Å². The van der Waals surface area contributed by atoms with Crippen LogP contribution in [-0.2, 0) is 6.54 Å². The van der Waals surface area contributed by atoms with Crippen LogP contribution in [-0.4, -0.2) is 43.5 Å². The molecule has 0 bridgehead atoms. The number of hydrogen-bond donors (Lipinski definition) is 2. The molecule has 0 radical (unpaired) electrons. The maximum absolute atomic E-state index is 7.20. The van der Waals surface area contributed by atoms with Crippen LogP contribution in [0.15, 0.2) is 12.3 Å². The van der Waals surface area contributed by atoms with E-state index in [0.717, 1.165) is 5.69 Å². The van der Waals surface area contributed by atoms with E-state index < -0.39 is 0 Å². The SMILES string of the molecule is COc1ccnc(CN(C)CCC(=N)N)c1OC. The van der Waals surface area contributed by atoms with Crippen LogP contribution in [0.1, 0.15) is 12.1 Å². The number of pyridine rings is 1. The molecule has 1 rings (SSSR count). The first-order valence-electron chi connectivity index (χ1n) is 5.65. The Morgan fingerprint density at radius 1 is 1.44 bits per heavy atom. The Hall–Kier alpha value is -1.82. The number of hydrogen-bond acceptors (Lipinski definition) is 5. The minimum atomic E-state index is 0.187. The topological polar surface area (TPSA) is 84.5 Å². The first-order chi connectivity index (χ1) is 8.58. The zero-order valence-electron chi connectivity index (χ0n) is 11.1.